The highest BCUT2D eigenvalue weighted by atomic mass is 32.2. The molecule has 1 amide bonds. The molecule has 26 heavy (non-hydrogen) atoms. The van der Waals surface area contributed by atoms with E-state index in [4.69, 9.17) is 0 Å². The Hall–Kier alpha value is -3.33. The van der Waals surface area contributed by atoms with Crippen LogP contribution in [0.1, 0.15) is 5.56 Å². The third-order valence-corrected chi connectivity index (χ3v) is 4.34. The van der Waals surface area contributed by atoms with Gasteiger partial charge in [0.25, 0.3) is 5.69 Å². The molecule has 1 aromatic heterocycles. The number of nitro benzene ring substituents is 1. The van der Waals surface area contributed by atoms with Crippen molar-refractivity contribution >= 4 is 40.1 Å². The number of nitrogens with zero attached hydrogens (tertiary/aromatic N) is 2. The van der Waals surface area contributed by atoms with Crippen LogP contribution in [0.15, 0.2) is 60.3 Å². The van der Waals surface area contributed by atoms with Crippen molar-refractivity contribution in [3.8, 4) is 0 Å². The maximum Gasteiger partial charge on any atom is 0.270 e. The average molecular weight is 369 g/mol. The van der Waals surface area contributed by atoms with Gasteiger partial charge in [0.1, 0.15) is 0 Å². The summed E-state index contributed by atoms with van der Waals surface area (Å²) in [4.78, 5) is 29.8. The lowest BCUT2D eigenvalue weighted by molar-refractivity contribution is -0.384. The molecule has 2 aromatic carbocycles. The Morgan fingerprint density at radius 3 is 2.81 bits per heavy atom. The molecule has 0 spiro atoms. The SMILES string of the molecule is C=C(NNC(=O)CSc1nc2ccccc2[nH]1)c1cccc([N+](=O)[O-])c1. The zero-order valence-corrected chi connectivity index (χ0v) is 14.4. The Morgan fingerprint density at radius 1 is 1.23 bits per heavy atom. The summed E-state index contributed by atoms with van der Waals surface area (Å²) in [5.74, 6) is -0.128. The minimum Gasteiger partial charge on any atom is -0.333 e. The number of hydrogen-bond donors (Lipinski definition) is 3. The highest BCUT2D eigenvalue weighted by molar-refractivity contribution is 7.99. The second-order valence-electron chi connectivity index (χ2n) is 5.31. The summed E-state index contributed by atoms with van der Waals surface area (Å²) >= 11 is 1.27. The summed E-state index contributed by atoms with van der Waals surface area (Å²) in [5, 5.41) is 11.5. The molecule has 0 aliphatic heterocycles. The lowest BCUT2D eigenvalue weighted by Crippen LogP contribution is -2.37. The smallest absolute Gasteiger partial charge is 0.270 e. The first-order valence-corrected chi connectivity index (χ1v) is 8.57. The fourth-order valence-corrected chi connectivity index (χ4v) is 2.88. The molecule has 0 saturated heterocycles. The second kappa shape index (κ2) is 7.70. The molecule has 0 saturated carbocycles. The van der Waals surface area contributed by atoms with Crippen LogP contribution in [0.4, 0.5) is 5.69 Å². The first-order chi connectivity index (χ1) is 12.5. The summed E-state index contributed by atoms with van der Waals surface area (Å²) < 4.78 is 0. The standard InChI is InChI=1S/C17H15N5O3S/c1-11(12-5-4-6-13(9-12)22(24)25)20-21-16(23)10-26-17-18-14-7-2-3-8-15(14)19-17/h2-9,20H,1,10H2,(H,18,19)(H,21,23). The lowest BCUT2D eigenvalue weighted by atomic mass is 10.1. The molecule has 0 bridgehead atoms. The van der Waals surface area contributed by atoms with Crippen LogP contribution in [0.3, 0.4) is 0 Å². The number of carbonyl (C=O) groups is 1. The van der Waals surface area contributed by atoms with Crippen molar-refractivity contribution in [1.82, 2.24) is 20.8 Å². The molecule has 0 atom stereocenters. The van der Waals surface area contributed by atoms with Gasteiger partial charge in [0.2, 0.25) is 5.91 Å². The minimum atomic E-state index is -0.487. The van der Waals surface area contributed by atoms with Crippen molar-refractivity contribution in [1.29, 1.82) is 0 Å². The number of hydrogen-bond acceptors (Lipinski definition) is 6. The van der Waals surface area contributed by atoms with Crippen molar-refractivity contribution in [2.45, 2.75) is 5.16 Å². The largest absolute Gasteiger partial charge is 0.333 e. The zero-order chi connectivity index (χ0) is 18.5. The van der Waals surface area contributed by atoms with Gasteiger partial charge in [0.15, 0.2) is 5.16 Å². The molecular formula is C17H15N5O3S. The molecule has 3 N–H and O–H groups in total. The summed E-state index contributed by atoms with van der Waals surface area (Å²) in [6.45, 7) is 3.77. The summed E-state index contributed by atoms with van der Waals surface area (Å²) in [6, 6.07) is 13.6. The normalized spacial score (nSPS) is 10.5. The predicted octanol–water partition coefficient (Wildman–Crippen LogP) is 2.85. The van der Waals surface area contributed by atoms with Gasteiger partial charge in [-0.2, -0.15) is 0 Å². The van der Waals surface area contributed by atoms with E-state index in [1.54, 1.807) is 12.1 Å². The first kappa shape index (κ1) is 17.5. The number of amides is 1. The number of aromatic nitrogens is 2. The Labute approximate surface area is 152 Å². The molecule has 132 valence electrons. The molecule has 8 nitrogen and oxygen atoms in total. The van der Waals surface area contributed by atoms with Gasteiger partial charge in [-0.05, 0) is 12.1 Å². The topological polar surface area (TPSA) is 113 Å². The number of fused-ring (bicyclic) bond motifs is 1. The molecular weight excluding hydrogens is 354 g/mol. The molecule has 0 radical (unpaired) electrons. The third-order valence-electron chi connectivity index (χ3n) is 3.47. The number of carbonyl (C=O) groups excluding carboxylic acids is 1. The highest BCUT2D eigenvalue weighted by Gasteiger charge is 2.10. The minimum absolute atomic E-state index is 0.0442. The first-order valence-electron chi connectivity index (χ1n) is 7.59. The van der Waals surface area contributed by atoms with E-state index in [0.29, 0.717) is 16.4 Å². The van der Waals surface area contributed by atoms with Gasteiger partial charge in [-0.3, -0.25) is 25.8 Å². The number of nitrogens with one attached hydrogen (secondary N) is 3. The van der Waals surface area contributed by atoms with Crippen LogP contribution < -0.4 is 10.9 Å². The van der Waals surface area contributed by atoms with Crippen molar-refractivity contribution in [2.24, 2.45) is 0 Å². The van der Waals surface area contributed by atoms with E-state index < -0.39 is 4.92 Å². The van der Waals surface area contributed by atoms with Crippen molar-refractivity contribution in [3.05, 3.63) is 70.8 Å². The summed E-state index contributed by atoms with van der Waals surface area (Å²) in [5.41, 5.74) is 7.76. The molecule has 9 heteroatoms. The van der Waals surface area contributed by atoms with Gasteiger partial charge in [-0.1, -0.05) is 42.6 Å². The quantitative estimate of drug-likeness (QED) is 0.335. The van der Waals surface area contributed by atoms with Gasteiger partial charge in [0, 0.05) is 17.7 Å². The van der Waals surface area contributed by atoms with E-state index in [2.05, 4.69) is 27.4 Å². The van der Waals surface area contributed by atoms with Crippen molar-refractivity contribution in [3.63, 3.8) is 0 Å². The number of hydrazine groups is 1. The number of non-ortho nitro benzene ring substituents is 1. The predicted molar refractivity (Wildman–Crippen MR) is 100 cm³/mol. The number of para-hydroxylation sites is 2. The van der Waals surface area contributed by atoms with Crippen LogP contribution in [-0.4, -0.2) is 26.6 Å². The van der Waals surface area contributed by atoms with E-state index >= 15 is 0 Å². The number of H-pyrrole nitrogens is 1. The second-order valence-corrected chi connectivity index (χ2v) is 6.27. The molecule has 1 heterocycles. The lowest BCUT2D eigenvalue weighted by Gasteiger charge is -2.10. The molecule has 3 aromatic rings. The molecule has 0 aliphatic carbocycles. The fraction of sp³-hybridized carbons (Fsp3) is 0.0588. The van der Waals surface area contributed by atoms with E-state index in [1.807, 2.05) is 24.3 Å². The van der Waals surface area contributed by atoms with Crippen LogP contribution in [-0.2, 0) is 4.79 Å². The number of aromatic amines is 1. The third kappa shape index (κ3) is 4.19. The van der Waals surface area contributed by atoms with Crippen molar-refractivity contribution < 1.29 is 9.72 Å². The number of imidazole rings is 1. The van der Waals surface area contributed by atoms with Crippen LogP contribution in [0, 0.1) is 10.1 Å². The average Bonchev–Trinajstić information content (AvgIpc) is 3.07. The fourth-order valence-electron chi connectivity index (χ4n) is 2.19. The number of thioether (sulfide) groups is 1. The Balaban J connectivity index is 1.51. The van der Waals surface area contributed by atoms with E-state index in [1.165, 1.54) is 23.9 Å². The molecule has 0 aliphatic rings. The van der Waals surface area contributed by atoms with Crippen LogP contribution in [0.25, 0.3) is 16.7 Å². The van der Waals surface area contributed by atoms with Gasteiger partial charge in [0.05, 0.1) is 27.4 Å². The van der Waals surface area contributed by atoms with Gasteiger partial charge < -0.3 is 4.98 Å². The zero-order valence-electron chi connectivity index (χ0n) is 13.6. The number of nitro groups is 1. The maximum absolute atomic E-state index is 12.0. The molecule has 0 fully saturated rings. The summed E-state index contributed by atoms with van der Waals surface area (Å²) in [6.07, 6.45) is 0. The highest BCUT2D eigenvalue weighted by Crippen LogP contribution is 2.19. The molecule has 3 rings (SSSR count). The van der Waals surface area contributed by atoms with Gasteiger partial charge in [-0.25, -0.2) is 4.98 Å². The van der Waals surface area contributed by atoms with E-state index in [-0.39, 0.29) is 17.3 Å². The molecule has 0 unspecified atom stereocenters. The van der Waals surface area contributed by atoms with Crippen LogP contribution in [0.5, 0.6) is 0 Å². The van der Waals surface area contributed by atoms with E-state index in [0.717, 1.165) is 11.0 Å². The Kier molecular flexibility index (Phi) is 5.18. The van der Waals surface area contributed by atoms with Gasteiger partial charge in [-0.15, -0.1) is 0 Å². The number of benzene rings is 2. The Morgan fingerprint density at radius 2 is 2.04 bits per heavy atom. The van der Waals surface area contributed by atoms with Crippen LogP contribution >= 0.6 is 11.8 Å². The number of rotatable bonds is 7. The monoisotopic (exact) mass is 369 g/mol. The maximum atomic E-state index is 12.0. The van der Waals surface area contributed by atoms with E-state index in [9.17, 15) is 14.9 Å². The van der Waals surface area contributed by atoms with Crippen LogP contribution in [0.2, 0.25) is 0 Å². The van der Waals surface area contributed by atoms with Gasteiger partial charge >= 0.3 is 0 Å². The van der Waals surface area contributed by atoms with Crippen molar-refractivity contribution in [2.75, 3.05) is 5.75 Å². The Bertz CT molecular complexity index is 952. The summed E-state index contributed by atoms with van der Waals surface area (Å²) in [7, 11) is 0.